The Balaban J connectivity index is 1.38. The molecule has 3 rings (SSSR count). The largest absolute Gasteiger partial charge is 0.303 e. The van der Waals surface area contributed by atoms with Crippen molar-refractivity contribution in [1.29, 1.82) is 0 Å². The predicted octanol–water partition coefficient (Wildman–Crippen LogP) is 6.51. The summed E-state index contributed by atoms with van der Waals surface area (Å²) in [7, 11) is 2.34. The number of aryl methyl sites for hydroxylation is 1. The predicted molar refractivity (Wildman–Crippen MR) is 114 cm³/mol. The Morgan fingerprint density at radius 2 is 1.73 bits per heavy atom. The van der Waals surface area contributed by atoms with Gasteiger partial charge in [0.05, 0.1) is 0 Å². The molecule has 0 radical (unpaired) electrons. The van der Waals surface area contributed by atoms with Gasteiger partial charge in [-0.2, -0.15) is 0 Å². The monoisotopic (exact) mass is 351 g/mol. The standard InChI is InChI=1S/C25H37N/c1-20(2)22-13-11-21(12-14-22)8-7-19-26(3)25-17-15-24(16-18-25)23-9-5-4-6-10-23/h5,9-14,20,24-25H,4,6-8,15-19H2,1-3H3. The van der Waals surface area contributed by atoms with Gasteiger partial charge in [0.2, 0.25) is 0 Å². The van der Waals surface area contributed by atoms with E-state index in [-0.39, 0.29) is 0 Å². The molecule has 2 aliphatic carbocycles. The van der Waals surface area contributed by atoms with E-state index in [2.05, 4.69) is 68.3 Å². The molecule has 0 N–H and O–H groups in total. The van der Waals surface area contributed by atoms with E-state index in [0.717, 1.165) is 12.0 Å². The van der Waals surface area contributed by atoms with E-state index in [9.17, 15) is 0 Å². The van der Waals surface area contributed by atoms with Crippen LogP contribution in [0.4, 0.5) is 0 Å². The summed E-state index contributed by atoms with van der Waals surface area (Å²) >= 11 is 0. The summed E-state index contributed by atoms with van der Waals surface area (Å²) in [6.45, 7) is 5.75. The third-order valence-corrected chi connectivity index (χ3v) is 6.44. The number of allylic oxidation sites excluding steroid dienone is 4. The van der Waals surface area contributed by atoms with Gasteiger partial charge in [-0.1, -0.05) is 56.3 Å². The molecule has 26 heavy (non-hydrogen) atoms. The molecule has 1 aromatic rings. The van der Waals surface area contributed by atoms with E-state index in [1.54, 1.807) is 5.57 Å². The summed E-state index contributed by atoms with van der Waals surface area (Å²) in [4.78, 5) is 2.63. The van der Waals surface area contributed by atoms with Crippen LogP contribution in [0.2, 0.25) is 0 Å². The highest BCUT2D eigenvalue weighted by Crippen LogP contribution is 2.34. The fourth-order valence-electron chi connectivity index (χ4n) is 4.57. The zero-order valence-corrected chi connectivity index (χ0v) is 17.1. The molecule has 0 spiro atoms. The average Bonchev–Trinajstić information content (AvgIpc) is 2.69. The second kappa shape index (κ2) is 9.55. The molecule has 0 amide bonds. The summed E-state index contributed by atoms with van der Waals surface area (Å²) in [5.74, 6) is 1.46. The van der Waals surface area contributed by atoms with Gasteiger partial charge in [-0.05, 0) is 93.5 Å². The van der Waals surface area contributed by atoms with Crippen molar-refractivity contribution >= 4 is 0 Å². The Bertz CT molecular complexity index is 600. The zero-order chi connectivity index (χ0) is 18.4. The first-order valence-electron chi connectivity index (χ1n) is 10.8. The van der Waals surface area contributed by atoms with Crippen molar-refractivity contribution in [3.05, 3.63) is 59.2 Å². The Morgan fingerprint density at radius 3 is 2.35 bits per heavy atom. The molecule has 1 fully saturated rings. The minimum absolute atomic E-state index is 0.630. The third-order valence-electron chi connectivity index (χ3n) is 6.44. The van der Waals surface area contributed by atoms with Crippen LogP contribution in [0.25, 0.3) is 0 Å². The van der Waals surface area contributed by atoms with Crippen molar-refractivity contribution in [3.63, 3.8) is 0 Å². The summed E-state index contributed by atoms with van der Waals surface area (Å²) in [5, 5.41) is 0. The van der Waals surface area contributed by atoms with Gasteiger partial charge in [0, 0.05) is 6.04 Å². The molecule has 0 aliphatic heterocycles. The Hall–Kier alpha value is -1.34. The topological polar surface area (TPSA) is 3.24 Å². The summed E-state index contributed by atoms with van der Waals surface area (Å²) < 4.78 is 0. The summed E-state index contributed by atoms with van der Waals surface area (Å²) in [5.41, 5.74) is 4.57. The molecule has 142 valence electrons. The van der Waals surface area contributed by atoms with Gasteiger partial charge >= 0.3 is 0 Å². The molecule has 2 aliphatic rings. The highest BCUT2D eigenvalue weighted by atomic mass is 15.1. The van der Waals surface area contributed by atoms with E-state index in [4.69, 9.17) is 0 Å². The minimum Gasteiger partial charge on any atom is -0.303 e. The van der Waals surface area contributed by atoms with Crippen molar-refractivity contribution < 1.29 is 0 Å². The molecular weight excluding hydrogens is 314 g/mol. The molecule has 1 saturated carbocycles. The maximum Gasteiger partial charge on any atom is 0.00926 e. The number of hydrogen-bond acceptors (Lipinski definition) is 1. The Kier molecular flexibility index (Phi) is 7.14. The lowest BCUT2D eigenvalue weighted by Gasteiger charge is -2.35. The van der Waals surface area contributed by atoms with E-state index in [1.807, 2.05) is 0 Å². The van der Waals surface area contributed by atoms with Crippen molar-refractivity contribution in [3.8, 4) is 0 Å². The smallest absolute Gasteiger partial charge is 0.00926 e. The van der Waals surface area contributed by atoms with Gasteiger partial charge in [0.25, 0.3) is 0 Å². The highest BCUT2D eigenvalue weighted by Gasteiger charge is 2.25. The maximum absolute atomic E-state index is 2.63. The average molecular weight is 352 g/mol. The quantitative estimate of drug-likeness (QED) is 0.541. The lowest BCUT2D eigenvalue weighted by atomic mass is 9.79. The van der Waals surface area contributed by atoms with Gasteiger partial charge in [-0.15, -0.1) is 0 Å². The van der Waals surface area contributed by atoms with Gasteiger partial charge in [-0.3, -0.25) is 0 Å². The van der Waals surface area contributed by atoms with Crippen molar-refractivity contribution in [2.45, 2.75) is 77.2 Å². The van der Waals surface area contributed by atoms with E-state index < -0.39 is 0 Å². The molecule has 0 unspecified atom stereocenters. The van der Waals surface area contributed by atoms with Crippen LogP contribution in [-0.4, -0.2) is 24.5 Å². The summed E-state index contributed by atoms with van der Waals surface area (Å²) in [6, 6.07) is 10.1. The van der Waals surface area contributed by atoms with Gasteiger partial charge in [0.15, 0.2) is 0 Å². The minimum atomic E-state index is 0.630. The normalized spacial score (nSPS) is 23.5. The second-order valence-corrected chi connectivity index (χ2v) is 8.67. The lowest BCUT2D eigenvalue weighted by Crippen LogP contribution is -2.36. The van der Waals surface area contributed by atoms with E-state index in [0.29, 0.717) is 5.92 Å². The molecule has 0 bridgehead atoms. The van der Waals surface area contributed by atoms with Crippen LogP contribution < -0.4 is 0 Å². The van der Waals surface area contributed by atoms with Gasteiger partial charge in [-0.25, -0.2) is 0 Å². The Morgan fingerprint density at radius 1 is 1.00 bits per heavy atom. The van der Waals surface area contributed by atoms with Crippen molar-refractivity contribution in [2.24, 2.45) is 5.92 Å². The zero-order valence-electron chi connectivity index (χ0n) is 17.1. The number of hydrogen-bond donors (Lipinski definition) is 0. The van der Waals surface area contributed by atoms with Crippen LogP contribution in [-0.2, 0) is 6.42 Å². The van der Waals surface area contributed by atoms with Crippen LogP contribution in [0.3, 0.4) is 0 Å². The molecule has 1 heteroatoms. The first kappa shape index (κ1) is 19.4. The van der Waals surface area contributed by atoms with Crippen LogP contribution in [0.5, 0.6) is 0 Å². The molecular formula is C25H37N. The first-order valence-corrected chi connectivity index (χ1v) is 10.8. The molecule has 0 aromatic heterocycles. The molecule has 0 atom stereocenters. The highest BCUT2D eigenvalue weighted by molar-refractivity contribution is 5.26. The van der Waals surface area contributed by atoms with Crippen LogP contribution >= 0.6 is 0 Å². The van der Waals surface area contributed by atoms with Crippen LogP contribution in [0.15, 0.2) is 48.1 Å². The number of rotatable bonds is 7. The number of nitrogens with zero attached hydrogens (tertiary/aromatic N) is 1. The fourth-order valence-corrected chi connectivity index (χ4v) is 4.57. The lowest BCUT2D eigenvalue weighted by molar-refractivity contribution is 0.173. The molecule has 0 saturated heterocycles. The van der Waals surface area contributed by atoms with Crippen molar-refractivity contribution in [2.75, 3.05) is 13.6 Å². The molecule has 0 heterocycles. The molecule has 1 aromatic carbocycles. The van der Waals surface area contributed by atoms with E-state index >= 15 is 0 Å². The second-order valence-electron chi connectivity index (χ2n) is 8.67. The number of benzene rings is 1. The van der Waals surface area contributed by atoms with Crippen LogP contribution in [0.1, 0.15) is 75.8 Å². The van der Waals surface area contributed by atoms with Gasteiger partial charge in [0.1, 0.15) is 0 Å². The first-order chi connectivity index (χ1) is 12.6. The fraction of sp³-hybridized carbons (Fsp3) is 0.600. The van der Waals surface area contributed by atoms with Crippen LogP contribution in [0, 0.1) is 5.92 Å². The maximum atomic E-state index is 2.63. The van der Waals surface area contributed by atoms with Gasteiger partial charge < -0.3 is 4.90 Å². The third kappa shape index (κ3) is 5.33. The Labute approximate surface area is 161 Å². The summed E-state index contributed by atoms with van der Waals surface area (Å²) in [6.07, 6.45) is 17.7. The van der Waals surface area contributed by atoms with E-state index in [1.165, 1.54) is 69.0 Å². The van der Waals surface area contributed by atoms with Crippen molar-refractivity contribution in [1.82, 2.24) is 4.90 Å². The SMILES string of the molecule is CC(C)c1ccc(CCCN(C)C2CCC(C3=CCCC=C3)CC2)cc1. The molecule has 1 nitrogen and oxygen atoms in total.